The Labute approximate surface area is 138 Å². The Hall–Kier alpha value is -2.73. The number of nitrogens with zero attached hydrogens (tertiary/aromatic N) is 1. The highest BCUT2D eigenvalue weighted by Gasteiger charge is 2.22. The molecule has 6 nitrogen and oxygen atoms in total. The maximum atomic E-state index is 12.0. The predicted molar refractivity (Wildman–Crippen MR) is 89.4 cm³/mol. The number of halogens is 1. The summed E-state index contributed by atoms with van der Waals surface area (Å²) in [6.45, 7) is 0.0194. The van der Waals surface area contributed by atoms with Gasteiger partial charge >= 0.3 is 6.03 Å². The summed E-state index contributed by atoms with van der Waals surface area (Å²) in [7, 11) is 1.67. The van der Waals surface area contributed by atoms with E-state index in [4.69, 9.17) is 16.3 Å². The fraction of sp³-hybridized carbons (Fsp3) is 0.125. The molecule has 0 atom stereocenters. The molecule has 0 aromatic heterocycles. The molecule has 0 bridgehead atoms. The summed E-state index contributed by atoms with van der Waals surface area (Å²) >= 11 is 5.87. The SMILES string of the molecule is CN1C(=O)COc2ccc(NC(=O)Nc3cccc(Cl)c3)cc21. The second kappa shape index (κ2) is 6.18. The molecule has 2 aromatic rings. The van der Waals surface area contributed by atoms with Gasteiger partial charge in [0.25, 0.3) is 5.91 Å². The molecule has 1 heterocycles. The van der Waals surface area contributed by atoms with E-state index >= 15 is 0 Å². The monoisotopic (exact) mass is 331 g/mol. The van der Waals surface area contributed by atoms with E-state index in [1.807, 2.05) is 0 Å². The summed E-state index contributed by atoms with van der Waals surface area (Å²) in [6, 6.07) is 11.6. The summed E-state index contributed by atoms with van der Waals surface area (Å²) in [5.41, 5.74) is 1.75. The number of hydrogen-bond donors (Lipinski definition) is 2. The van der Waals surface area contributed by atoms with Crippen LogP contribution in [0.4, 0.5) is 21.9 Å². The van der Waals surface area contributed by atoms with Crippen LogP contribution in [0, 0.1) is 0 Å². The first kappa shape index (κ1) is 15.2. The Morgan fingerprint density at radius 3 is 2.65 bits per heavy atom. The van der Waals surface area contributed by atoms with E-state index in [2.05, 4.69) is 10.6 Å². The van der Waals surface area contributed by atoms with Gasteiger partial charge in [-0.15, -0.1) is 0 Å². The van der Waals surface area contributed by atoms with Gasteiger partial charge in [-0.1, -0.05) is 17.7 Å². The van der Waals surface area contributed by atoms with Gasteiger partial charge < -0.3 is 20.3 Å². The smallest absolute Gasteiger partial charge is 0.323 e. The summed E-state index contributed by atoms with van der Waals surface area (Å²) in [5.74, 6) is 0.464. The van der Waals surface area contributed by atoms with Crippen LogP contribution in [0.25, 0.3) is 0 Å². The number of anilines is 3. The average molecular weight is 332 g/mol. The number of ether oxygens (including phenoxy) is 1. The second-order valence-corrected chi connectivity index (χ2v) is 5.45. The van der Waals surface area contributed by atoms with Gasteiger partial charge in [0.1, 0.15) is 5.75 Å². The molecule has 0 spiro atoms. The Morgan fingerprint density at radius 1 is 1.17 bits per heavy atom. The van der Waals surface area contributed by atoms with Crippen LogP contribution in [0.3, 0.4) is 0 Å². The number of benzene rings is 2. The lowest BCUT2D eigenvalue weighted by Gasteiger charge is -2.26. The highest BCUT2D eigenvalue weighted by Crippen LogP contribution is 2.33. The first-order valence-corrected chi connectivity index (χ1v) is 7.28. The fourth-order valence-corrected chi connectivity index (χ4v) is 2.40. The van der Waals surface area contributed by atoms with Crippen LogP contribution in [0.2, 0.25) is 5.02 Å². The molecule has 2 N–H and O–H groups in total. The third-order valence-corrected chi connectivity index (χ3v) is 3.62. The predicted octanol–water partition coefficient (Wildman–Crippen LogP) is 3.34. The molecule has 0 radical (unpaired) electrons. The second-order valence-electron chi connectivity index (χ2n) is 5.01. The molecule has 0 unspecified atom stereocenters. The van der Waals surface area contributed by atoms with Crippen molar-refractivity contribution in [1.29, 1.82) is 0 Å². The normalized spacial score (nSPS) is 13.1. The van der Waals surface area contributed by atoms with E-state index in [9.17, 15) is 9.59 Å². The average Bonchev–Trinajstić information content (AvgIpc) is 2.51. The summed E-state index contributed by atoms with van der Waals surface area (Å²) in [6.07, 6.45) is 0. The molecule has 23 heavy (non-hydrogen) atoms. The highest BCUT2D eigenvalue weighted by molar-refractivity contribution is 6.30. The van der Waals surface area contributed by atoms with Crippen molar-refractivity contribution in [3.05, 3.63) is 47.5 Å². The van der Waals surface area contributed by atoms with Crippen LogP contribution in [0.15, 0.2) is 42.5 Å². The maximum Gasteiger partial charge on any atom is 0.323 e. The van der Waals surface area contributed by atoms with E-state index in [0.717, 1.165) is 0 Å². The lowest BCUT2D eigenvalue weighted by atomic mass is 10.2. The van der Waals surface area contributed by atoms with E-state index < -0.39 is 6.03 Å². The largest absolute Gasteiger partial charge is 0.482 e. The van der Waals surface area contributed by atoms with Gasteiger partial charge in [-0.05, 0) is 36.4 Å². The Kier molecular flexibility index (Phi) is 4.08. The first-order valence-electron chi connectivity index (χ1n) is 6.90. The number of amides is 3. The van der Waals surface area contributed by atoms with Crippen molar-refractivity contribution in [1.82, 2.24) is 0 Å². The van der Waals surface area contributed by atoms with E-state index in [0.29, 0.717) is 27.8 Å². The topological polar surface area (TPSA) is 70.7 Å². The van der Waals surface area contributed by atoms with Gasteiger partial charge in [0.05, 0.1) is 5.69 Å². The van der Waals surface area contributed by atoms with Crippen LogP contribution in [0.5, 0.6) is 5.75 Å². The lowest BCUT2D eigenvalue weighted by Crippen LogP contribution is -2.35. The van der Waals surface area contributed by atoms with E-state index in [1.54, 1.807) is 49.5 Å². The molecule has 2 aromatic carbocycles. The molecule has 118 valence electrons. The number of likely N-dealkylation sites (N-methyl/N-ethyl adjacent to an activating group) is 1. The van der Waals surface area contributed by atoms with Gasteiger partial charge in [-0.3, -0.25) is 4.79 Å². The lowest BCUT2D eigenvalue weighted by molar-refractivity contribution is -0.120. The van der Waals surface area contributed by atoms with Crippen molar-refractivity contribution < 1.29 is 14.3 Å². The zero-order valence-electron chi connectivity index (χ0n) is 12.3. The number of rotatable bonds is 2. The summed E-state index contributed by atoms with van der Waals surface area (Å²) < 4.78 is 5.34. The summed E-state index contributed by atoms with van der Waals surface area (Å²) in [5, 5.41) is 5.93. The molecule has 7 heteroatoms. The quantitative estimate of drug-likeness (QED) is 0.886. The van der Waals surface area contributed by atoms with Crippen molar-refractivity contribution in [3.63, 3.8) is 0 Å². The van der Waals surface area contributed by atoms with Crippen LogP contribution < -0.4 is 20.3 Å². The number of carbonyl (C=O) groups excluding carboxylic acids is 2. The van der Waals surface area contributed by atoms with Gasteiger partial charge in [0.15, 0.2) is 6.61 Å². The Balaban J connectivity index is 1.73. The van der Waals surface area contributed by atoms with Gasteiger partial charge in [-0.25, -0.2) is 4.79 Å². The van der Waals surface area contributed by atoms with E-state index in [1.165, 1.54) is 4.90 Å². The minimum absolute atomic E-state index is 0.0194. The van der Waals surface area contributed by atoms with Gasteiger partial charge in [0.2, 0.25) is 0 Å². The molecule has 1 aliphatic rings. The number of fused-ring (bicyclic) bond motifs is 1. The number of hydrogen-bond acceptors (Lipinski definition) is 3. The number of carbonyl (C=O) groups is 2. The van der Waals surface area contributed by atoms with Crippen LogP contribution >= 0.6 is 11.6 Å². The first-order chi connectivity index (χ1) is 11.0. The van der Waals surface area contributed by atoms with E-state index in [-0.39, 0.29) is 12.5 Å². The van der Waals surface area contributed by atoms with Crippen LogP contribution in [0.1, 0.15) is 0 Å². The van der Waals surface area contributed by atoms with Crippen molar-refractivity contribution in [2.45, 2.75) is 0 Å². The standard InChI is InChI=1S/C16H14ClN3O3/c1-20-13-8-12(5-6-14(13)23-9-15(20)21)19-16(22)18-11-4-2-3-10(17)7-11/h2-8H,9H2,1H3,(H2,18,19,22). The van der Waals surface area contributed by atoms with Gasteiger partial charge in [0, 0.05) is 23.4 Å². The third-order valence-electron chi connectivity index (χ3n) is 3.39. The minimum Gasteiger partial charge on any atom is -0.482 e. The zero-order valence-corrected chi connectivity index (χ0v) is 13.1. The molecule has 0 fully saturated rings. The third kappa shape index (κ3) is 3.37. The molecule has 0 aliphatic carbocycles. The zero-order chi connectivity index (χ0) is 16.4. The Bertz CT molecular complexity index is 779. The molecule has 3 amide bonds. The molecular weight excluding hydrogens is 318 g/mol. The van der Waals surface area contributed by atoms with Crippen LogP contribution in [-0.2, 0) is 4.79 Å². The van der Waals surface area contributed by atoms with Crippen molar-refractivity contribution >= 4 is 40.6 Å². The molecule has 3 rings (SSSR count). The molecule has 0 saturated heterocycles. The molecule has 1 aliphatic heterocycles. The Morgan fingerprint density at radius 2 is 1.91 bits per heavy atom. The van der Waals surface area contributed by atoms with Crippen molar-refractivity contribution in [2.24, 2.45) is 0 Å². The fourth-order valence-electron chi connectivity index (χ4n) is 2.21. The van der Waals surface area contributed by atoms with Crippen molar-refractivity contribution in [3.8, 4) is 5.75 Å². The van der Waals surface area contributed by atoms with Crippen molar-refractivity contribution in [2.75, 3.05) is 29.2 Å². The molecular formula is C16H14ClN3O3. The highest BCUT2D eigenvalue weighted by atomic mass is 35.5. The maximum absolute atomic E-state index is 12.0. The molecule has 0 saturated carbocycles. The van der Waals surface area contributed by atoms with Crippen LogP contribution in [-0.4, -0.2) is 25.6 Å². The minimum atomic E-state index is -0.405. The number of nitrogens with one attached hydrogen (secondary N) is 2. The summed E-state index contributed by atoms with van der Waals surface area (Å²) in [4.78, 5) is 25.2. The van der Waals surface area contributed by atoms with Gasteiger partial charge in [-0.2, -0.15) is 0 Å². The number of urea groups is 1.